The number of anilines is 1. The molecule has 0 aliphatic carbocycles. The number of esters is 1. The number of methoxy groups -OCH3 is 1. The topological polar surface area (TPSA) is 112 Å². The predicted molar refractivity (Wildman–Crippen MR) is 123 cm³/mol. The zero-order valence-corrected chi connectivity index (χ0v) is 19.4. The van der Waals surface area contributed by atoms with Crippen molar-refractivity contribution in [2.24, 2.45) is 0 Å². The van der Waals surface area contributed by atoms with Crippen molar-refractivity contribution in [2.75, 3.05) is 38.8 Å². The second-order valence-corrected chi connectivity index (χ2v) is 7.05. The Morgan fingerprint density at radius 3 is 2.36 bits per heavy atom. The van der Waals surface area contributed by atoms with Crippen molar-refractivity contribution >= 4 is 23.5 Å². The fourth-order valence-corrected chi connectivity index (χ4v) is 2.79. The number of carbonyl (C=O) groups excluding carboxylic acids is 3. The molecule has 0 aromatic heterocycles. The van der Waals surface area contributed by atoms with Crippen LogP contribution in [0.1, 0.15) is 36.2 Å². The molecule has 0 unspecified atom stereocenters. The highest BCUT2D eigenvalue weighted by Gasteiger charge is 2.15. The third kappa shape index (κ3) is 8.03. The first-order chi connectivity index (χ1) is 15.9. The van der Waals surface area contributed by atoms with Gasteiger partial charge in [0.2, 0.25) is 5.91 Å². The largest absolute Gasteiger partial charge is 0.495 e. The maximum Gasteiger partial charge on any atom is 0.338 e. The van der Waals surface area contributed by atoms with Gasteiger partial charge in [-0.3, -0.25) is 9.59 Å². The van der Waals surface area contributed by atoms with Crippen LogP contribution in [0.5, 0.6) is 17.2 Å². The molecule has 2 aromatic carbocycles. The lowest BCUT2D eigenvalue weighted by molar-refractivity contribution is -0.126. The molecule has 0 spiro atoms. The van der Waals surface area contributed by atoms with Crippen LogP contribution in [0.3, 0.4) is 0 Å². The summed E-state index contributed by atoms with van der Waals surface area (Å²) < 4.78 is 21.4. The van der Waals surface area contributed by atoms with Crippen LogP contribution in [0, 0.1) is 6.92 Å². The number of benzene rings is 2. The number of hydrogen-bond donors (Lipinski definition) is 2. The minimum Gasteiger partial charge on any atom is -0.495 e. The van der Waals surface area contributed by atoms with Gasteiger partial charge in [0.05, 0.1) is 38.1 Å². The summed E-state index contributed by atoms with van der Waals surface area (Å²) in [5.74, 6) is -0.281. The summed E-state index contributed by atoms with van der Waals surface area (Å²) in [4.78, 5) is 36.5. The average Bonchev–Trinajstić information content (AvgIpc) is 2.80. The second kappa shape index (κ2) is 12.9. The Hall–Kier alpha value is -3.75. The Kier molecular flexibility index (Phi) is 10.0. The first-order valence-corrected chi connectivity index (χ1v) is 10.7. The number of aryl methyl sites for hydroxylation is 1. The molecule has 0 saturated heterocycles. The molecule has 2 rings (SSSR count). The molecular weight excluding hydrogens is 428 g/mol. The molecule has 0 saturated carbocycles. The van der Waals surface area contributed by atoms with Gasteiger partial charge >= 0.3 is 5.97 Å². The fraction of sp³-hybridized carbons (Fsp3) is 0.375. The van der Waals surface area contributed by atoms with Crippen LogP contribution >= 0.6 is 0 Å². The van der Waals surface area contributed by atoms with Gasteiger partial charge in [-0.25, -0.2) is 4.79 Å². The molecule has 0 atom stereocenters. The van der Waals surface area contributed by atoms with E-state index in [9.17, 15) is 14.4 Å². The summed E-state index contributed by atoms with van der Waals surface area (Å²) >= 11 is 0. The maximum absolute atomic E-state index is 12.3. The van der Waals surface area contributed by atoms with Crippen molar-refractivity contribution in [3.63, 3.8) is 0 Å². The molecule has 0 aliphatic heterocycles. The molecule has 2 amide bonds. The monoisotopic (exact) mass is 458 g/mol. The highest BCUT2D eigenvalue weighted by atomic mass is 16.5. The van der Waals surface area contributed by atoms with Gasteiger partial charge in [-0.05, 0) is 56.2 Å². The Balaban J connectivity index is 1.85. The first-order valence-electron chi connectivity index (χ1n) is 10.7. The van der Waals surface area contributed by atoms with Gasteiger partial charge in [0, 0.05) is 0 Å². The molecule has 178 valence electrons. The molecule has 9 nitrogen and oxygen atoms in total. The number of carbonyl (C=O) groups is 3. The molecule has 9 heteroatoms. The van der Waals surface area contributed by atoms with Gasteiger partial charge in [-0.2, -0.15) is 0 Å². The summed E-state index contributed by atoms with van der Waals surface area (Å²) in [7, 11) is 1.50. The number of ether oxygens (including phenoxy) is 4. The zero-order valence-electron chi connectivity index (χ0n) is 19.4. The standard InChI is InChI=1S/C24H30N2O7/c1-5-11-32-20-10-8-17(13-21(20)31-6-2)24(29)33-15-23(28)25-14-22(27)26-18-12-16(3)7-9-19(18)30-4/h7-10,12-13H,5-6,11,14-15H2,1-4H3,(H,25,28)(H,26,27). The van der Waals surface area contributed by atoms with Crippen molar-refractivity contribution < 1.29 is 33.3 Å². The molecule has 0 fully saturated rings. The molecule has 0 bridgehead atoms. The third-order valence-corrected chi connectivity index (χ3v) is 4.35. The number of amides is 2. The highest BCUT2D eigenvalue weighted by Crippen LogP contribution is 2.29. The lowest BCUT2D eigenvalue weighted by atomic mass is 10.2. The van der Waals surface area contributed by atoms with E-state index in [0.717, 1.165) is 12.0 Å². The van der Waals surface area contributed by atoms with Crippen molar-refractivity contribution in [1.29, 1.82) is 0 Å². The number of rotatable bonds is 12. The van der Waals surface area contributed by atoms with Crippen LogP contribution in [0.15, 0.2) is 36.4 Å². The molecule has 0 radical (unpaired) electrons. The van der Waals surface area contributed by atoms with E-state index < -0.39 is 24.4 Å². The summed E-state index contributed by atoms with van der Waals surface area (Å²) in [6.07, 6.45) is 0.834. The van der Waals surface area contributed by atoms with E-state index >= 15 is 0 Å². The molecular formula is C24H30N2O7. The van der Waals surface area contributed by atoms with E-state index in [1.54, 1.807) is 18.2 Å². The van der Waals surface area contributed by atoms with Gasteiger partial charge in [-0.1, -0.05) is 13.0 Å². The average molecular weight is 459 g/mol. The minimum absolute atomic E-state index is 0.222. The fourth-order valence-electron chi connectivity index (χ4n) is 2.79. The third-order valence-electron chi connectivity index (χ3n) is 4.35. The molecule has 33 heavy (non-hydrogen) atoms. The molecule has 0 heterocycles. The zero-order chi connectivity index (χ0) is 24.2. The molecule has 2 aromatic rings. The summed E-state index contributed by atoms with van der Waals surface area (Å²) in [6.45, 7) is 5.80. The van der Waals surface area contributed by atoms with Gasteiger partial charge in [0.15, 0.2) is 18.1 Å². The smallest absolute Gasteiger partial charge is 0.338 e. The van der Waals surface area contributed by atoms with Crippen LogP contribution < -0.4 is 24.8 Å². The summed E-state index contributed by atoms with van der Waals surface area (Å²) in [5.41, 5.74) is 1.67. The van der Waals surface area contributed by atoms with Crippen molar-refractivity contribution in [3.8, 4) is 17.2 Å². The quantitative estimate of drug-likeness (QED) is 0.470. The lowest BCUT2D eigenvalue weighted by Gasteiger charge is -2.13. The lowest BCUT2D eigenvalue weighted by Crippen LogP contribution is -2.35. The van der Waals surface area contributed by atoms with Gasteiger partial charge in [-0.15, -0.1) is 0 Å². The van der Waals surface area contributed by atoms with Crippen LogP contribution in [0.25, 0.3) is 0 Å². The van der Waals surface area contributed by atoms with E-state index in [0.29, 0.717) is 36.1 Å². The Morgan fingerprint density at radius 2 is 1.67 bits per heavy atom. The summed E-state index contributed by atoms with van der Waals surface area (Å²) in [6, 6.07) is 10.0. The maximum atomic E-state index is 12.3. The van der Waals surface area contributed by atoms with Crippen LogP contribution in [0.2, 0.25) is 0 Å². The van der Waals surface area contributed by atoms with Crippen molar-refractivity contribution in [3.05, 3.63) is 47.5 Å². The van der Waals surface area contributed by atoms with Gasteiger partial charge in [0.1, 0.15) is 5.75 Å². The SMILES string of the molecule is CCCOc1ccc(C(=O)OCC(=O)NCC(=O)Nc2cc(C)ccc2OC)cc1OCC. The Labute approximate surface area is 193 Å². The number of nitrogens with one attached hydrogen (secondary N) is 2. The van der Waals surface area contributed by atoms with Crippen LogP contribution in [0.4, 0.5) is 5.69 Å². The first kappa shape index (κ1) is 25.5. The Bertz CT molecular complexity index is 975. The molecule has 0 aliphatic rings. The highest BCUT2D eigenvalue weighted by molar-refractivity contribution is 5.96. The minimum atomic E-state index is -0.693. The normalized spacial score (nSPS) is 10.2. The second-order valence-electron chi connectivity index (χ2n) is 7.05. The summed E-state index contributed by atoms with van der Waals surface area (Å²) in [5, 5.41) is 5.09. The van der Waals surface area contributed by atoms with E-state index in [1.807, 2.05) is 26.8 Å². The molecule has 2 N–H and O–H groups in total. The van der Waals surface area contributed by atoms with E-state index in [-0.39, 0.29) is 12.1 Å². The van der Waals surface area contributed by atoms with Crippen molar-refractivity contribution in [2.45, 2.75) is 27.2 Å². The van der Waals surface area contributed by atoms with Crippen LogP contribution in [-0.2, 0) is 14.3 Å². The predicted octanol–water partition coefficient (Wildman–Crippen LogP) is 3.10. The van der Waals surface area contributed by atoms with Gasteiger partial charge in [0.25, 0.3) is 5.91 Å². The van der Waals surface area contributed by atoms with E-state index in [2.05, 4.69) is 10.6 Å². The van der Waals surface area contributed by atoms with Crippen molar-refractivity contribution in [1.82, 2.24) is 5.32 Å². The Morgan fingerprint density at radius 1 is 0.909 bits per heavy atom. The van der Waals surface area contributed by atoms with E-state index in [4.69, 9.17) is 18.9 Å². The van der Waals surface area contributed by atoms with E-state index in [1.165, 1.54) is 19.2 Å². The van der Waals surface area contributed by atoms with Gasteiger partial charge < -0.3 is 29.6 Å². The van der Waals surface area contributed by atoms with Crippen LogP contribution in [-0.4, -0.2) is 51.3 Å². The number of hydrogen-bond acceptors (Lipinski definition) is 7.